The monoisotopic (exact) mass is 389 g/mol. The first kappa shape index (κ1) is 20.4. The molecule has 0 radical (unpaired) electrons. The van der Waals surface area contributed by atoms with E-state index in [-0.39, 0.29) is 12.1 Å². The van der Waals surface area contributed by atoms with Crippen molar-refractivity contribution in [3.63, 3.8) is 0 Å². The van der Waals surface area contributed by atoms with E-state index in [1.165, 1.54) is 40.7 Å². The van der Waals surface area contributed by atoms with Crippen LogP contribution < -0.4 is 0 Å². The van der Waals surface area contributed by atoms with Crippen molar-refractivity contribution in [1.82, 2.24) is 4.31 Å². The van der Waals surface area contributed by atoms with Crippen LogP contribution in [0.1, 0.15) is 36.6 Å². The predicted molar refractivity (Wildman–Crippen MR) is 91.3 cm³/mol. The summed E-state index contributed by atoms with van der Waals surface area (Å²) in [6, 6.07) is 9.15. The van der Waals surface area contributed by atoms with Gasteiger partial charge in [0.15, 0.2) is 0 Å². The Labute approximate surface area is 150 Å². The highest BCUT2D eigenvalue weighted by Gasteiger charge is 2.32. The van der Waals surface area contributed by atoms with Gasteiger partial charge in [-0.2, -0.15) is 17.5 Å². The zero-order chi connectivity index (χ0) is 19.5. The van der Waals surface area contributed by atoms with Crippen LogP contribution in [0.15, 0.2) is 48.5 Å². The van der Waals surface area contributed by atoms with Gasteiger partial charge in [-0.25, -0.2) is 12.8 Å². The fourth-order valence-electron chi connectivity index (χ4n) is 2.75. The SMILES string of the molecule is CCN(C(C)c1ccc(F)cc1)S(=O)(=O)Cc1cccc(C(F)(F)F)c1. The van der Waals surface area contributed by atoms with E-state index in [1.54, 1.807) is 13.8 Å². The quantitative estimate of drug-likeness (QED) is 0.668. The Morgan fingerprint density at radius 3 is 2.23 bits per heavy atom. The number of hydrogen-bond donors (Lipinski definition) is 0. The largest absolute Gasteiger partial charge is 0.416 e. The first-order valence-electron chi connectivity index (χ1n) is 7.95. The van der Waals surface area contributed by atoms with E-state index >= 15 is 0 Å². The standard InChI is InChI=1S/C18H19F4NO2S/c1-3-23(13(2)15-7-9-17(19)10-8-15)26(24,25)12-14-5-4-6-16(11-14)18(20,21)22/h4-11,13H,3,12H2,1-2H3. The lowest BCUT2D eigenvalue weighted by Gasteiger charge is -2.27. The van der Waals surface area contributed by atoms with E-state index in [1.807, 2.05) is 0 Å². The number of rotatable bonds is 6. The second kappa shape index (κ2) is 7.75. The van der Waals surface area contributed by atoms with Gasteiger partial charge in [0.1, 0.15) is 5.82 Å². The molecule has 0 aromatic heterocycles. The molecule has 0 fully saturated rings. The molecular formula is C18H19F4NO2S. The lowest BCUT2D eigenvalue weighted by Crippen LogP contribution is -2.34. The van der Waals surface area contributed by atoms with Crippen molar-refractivity contribution < 1.29 is 26.0 Å². The molecule has 26 heavy (non-hydrogen) atoms. The molecule has 0 N–H and O–H groups in total. The molecule has 0 aliphatic carbocycles. The summed E-state index contributed by atoms with van der Waals surface area (Å²) in [4.78, 5) is 0. The topological polar surface area (TPSA) is 37.4 Å². The van der Waals surface area contributed by atoms with E-state index < -0.39 is 39.4 Å². The first-order chi connectivity index (χ1) is 12.0. The molecule has 0 saturated heterocycles. The number of sulfonamides is 1. The Bertz CT molecular complexity index is 848. The Balaban J connectivity index is 2.28. The number of halogens is 4. The summed E-state index contributed by atoms with van der Waals surface area (Å²) in [5.41, 5.74) is -0.231. The Morgan fingerprint density at radius 2 is 1.69 bits per heavy atom. The molecule has 2 aromatic rings. The highest BCUT2D eigenvalue weighted by Crippen LogP contribution is 2.31. The van der Waals surface area contributed by atoms with Crippen LogP contribution in [-0.2, 0) is 22.0 Å². The Kier molecular flexibility index (Phi) is 6.08. The maximum atomic E-state index is 13.1. The fraction of sp³-hybridized carbons (Fsp3) is 0.333. The van der Waals surface area contributed by atoms with Crippen LogP contribution in [0.2, 0.25) is 0 Å². The van der Waals surface area contributed by atoms with Crippen molar-refractivity contribution >= 4 is 10.0 Å². The van der Waals surface area contributed by atoms with E-state index in [0.717, 1.165) is 12.1 Å². The Morgan fingerprint density at radius 1 is 1.08 bits per heavy atom. The molecule has 3 nitrogen and oxygen atoms in total. The van der Waals surface area contributed by atoms with Gasteiger partial charge in [0.25, 0.3) is 0 Å². The number of alkyl halides is 3. The van der Waals surface area contributed by atoms with Gasteiger partial charge in [-0.1, -0.05) is 37.3 Å². The number of hydrogen-bond acceptors (Lipinski definition) is 2. The normalized spacial score (nSPS) is 13.8. The molecule has 142 valence electrons. The third kappa shape index (κ3) is 4.82. The van der Waals surface area contributed by atoms with Crippen molar-refractivity contribution in [2.45, 2.75) is 31.8 Å². The minimum atomic E-state index is -4.54. The minimum absolute atomic E-state index is 0.0598. The van der Waals surface area contributed by atoms with Crippen LogP contribution in [0.3, 0.4) is 0 Å². The van der Waals surface area contributed by atoms with E-state index in [2.05, 4.69) is 0 Å². The lowest BCUT2D eigenvalue weighted by atomic mass is 10.1. The van der Waals surface area contributed by atoms with E-state index in [9.17, 15) is 26.0 Å². The summed E-state index contributed by atoms with van der Waals surface area (Å²) < 4.78 is 78.2. The van der Waals surface area contributed by atoms with Gasteiger partial charge in [-0.15, -0.1) is 0 Å². The molecule has 0 saturated carbocycles. The summed E-state index contributed by atoms with van der Waals surface area (Å²) in [5.74, 6) is -0.980. The summed E-state index contributed by atoms with van der Waals surface area (Å²) >= 11 is 0. The van der Waals surface area contributed by atoms with Gasteiger partial charge in [0.2, 0.25) is 10.0 Å². The molecule has 0 bridgehead atoms. The van der Waals surface area contributed by atoms with Gasteiger partial charge in [0, 0.05) is 12.6 Å². The third-order valence-corrected chi connectivity index (χ3v) is 6.04. The molecule has 0 spiro atoms. The summed E-state index contributed by atoms with van der Waals surface area (Å²) in [6.45, 7) is 3.43. The predicted octanol–water partition coefficient (Wildman–Crippen LogP) is 4.76. The molecule has 2 aromatic carbocycles. The molecule has 0 aliphatic rings. The highest BCUT2D eigenvalue weighted by molar-refractivity contribution is 7.88. The van der Waals surface area contributed by atoms with E-state index in [0.29, 0.717) is 5.56 Å². The third-order valence-electron chi connectivity index (χ3n) is 4.06. The number of nitrogens with zero attached hydrogens (tertiary/aromatic N) is 1. The van der Waals surface area contributed by atoms with Crippen molar-refractivity contribution in [3.8, 4) is 0 Å². The van der Waals surface area contributed by atoms with Crippen LogP contribution in [-0.4, -0.2) is 19.3 Å². The summed E-state index contributed by atoms with van der Waals surface area (Å²) in [6.07, 6.45) is -4.54. The maximum Gasteiger partial charge on any atom is 0.416 e. The molecule has 0 aliphatic heterocycles. The van der Waals surface area contributed by atoms with E-state index in [4.69, 9.17) is 0 Å². The molecule has 2 rings (SSSR count). The zero-order valence-corrected chi connectivity index (χ0v) is 15.1. The van der Waals surface area contributed by atoms with Crippen LogP contribution in [0, 0.1) is 5.82 Å². The molecule has 1 atom stereocenters. The van der Waals surface area contributed by atoms with Gasteiger partial charge in [-0.3, -0.25) is 0 Å². The van der Waals surface area contributed by atoms with Crippen molar-refractivity contribution in [2.24, 2.45) is 0 Å². The molecule has 1 unspecified atom stereocenters. The molecule has 8 heteroatoms. The summed E-state index contributed by atoms with van der Waals surface area (Å²) in [5, 5.41) is 0. The molecule has 0 heterocycles. The van der Waals surface area contributed by atoms with Crippen molar-refractivity contribution in [1.29, 1.82) is 0 Å². The van der Waals surface area contributed by atoms with Crippen LogP contribution >= 0.6 is 0 Å². The van der Waals surface area contributed by atoms with Gasteiger partial charge in [0.05, 0.1) is 11.3 Å². The Hall–Kier alpha value is -1.93. The lowest BCUT2D eigenvalue weighted by molar-refractivity contribution is -0.137. The van der Waals surface area contributed by atoms with Crippen LogP contribution in [0.4, 0.5) is 17.6 Å². The minimum Gasteiger partial charge on any atom is -0.212 e. The van der Waals surface area contributed by atoms with Crippen molar-refractivity contribution in [2.75, 3.05) is 6.54 Å². The van der Waals surface area contributed by atoms with Crippen LogP contribution in [0.5, 0.6) is 0 Å². The van der Waals surface area contributed by atoms with Gasteiger partial charge in [-0.05, 0) is 36.2 Å². The summed E-state index contributed by atoms with van der Waals surface area (Å²) in [7, 11) is -3.87. The molecular weight excluding hydrogens is 370 g/mol. The average molecular weight is 389 g/mol. The van der Waals surface area contributed by atoms with Gasteiger partial charge >= 0.3 is 6.18 Å². The fourth-order valence-corrected chi connectivity index (χ4v) is 4.51. The number of benzene rings is 2. The molecule has 0 amide bonds. The van der Waals surface area contributed by atoms with Crippen LogP contribution in [0.25, 0.3) is 0 Å². The first-order valence-corrected chi connectivity index (χ1v) is 9.56. The average Bonchev–Trinajstić information content (AvgIpc) is 2.54. The second-order valence-electron chi connectivity index (χ2n) is 5.89. The highest BCUT2D eigenvalue weighted by atomic mass is 32.2. The van der Waals surface area contributed by atoms with Gasteiger partial charge < -0.3 is 0 Å². The second-order valence-corrected chi connectivity index (χ2v) is 7.81. The van der Waals surface area contributed by atoms with Crippen molar-refractivity contribution in [3.05, 3.63) is 71.0 Å². The smallest absolute Gasteiger partial charge is 0.212 e. The zero-order valence-electron chi connectivity index (χ0n) is 14.3. The maximum absolute atomic E-state index is 13.1.